The molecule has 0 saturated carbocycles. The Balaban J connectivity index is 1.96. The molecule has 126 valence electrons. The van der Waals surface area contributed by atoms with Gasteiger partial charge in [0.25, 0.3) is 5.91 Å². The molecule has 0 aliphatic rings. The lowest BCUT2D eigenvalue weighted by atomic mass is 9.99. The third-order valence-corrected chi connectivity index (χ3v) is 4.36. The van der Waals surface area contributed by atoms with Crippen molar-refractivity contribution in [2.24, 2.45) is 0 Å². The molecule has 0 atom stereocenters. The van der Waals surface area contributed by atoms with Gasteiger partial charge in [-0.15, -0.1) is 0 Å². The Morgan fingerprint density at radius 3 is 2.64 bits per heavy atom. The van der Waals surface area contributed by atoms with E-state index in [2.05, 4.69) is 4.98 Å². The highest BCUT2D eigenvalue weighted by Crippen LogP contribution is 2.25. The smallest absolute Gasteiger partial charge is 0.254 e. The summed E-state index contributed by atoms with van der Waals surface area (Å²) in [5.74, 6) is -0.258. The van der Waals surface area contributed by atoms with Gasteiger partial charge >= 0.3 is 0 Å². The molecular weight excluding hydrogens is 316 g/mol. The number of H-pyrrole nitrogens is 1. The Morgan fingerprint density at radius 1 is 1.16 bits per heavy atom. The van der Waals surface area contributed by atoms with Crippen molar-refractivity contribution in [3.8, 4) is 0 Å². The number of carbonyl (C=O) groups excluding carboxylic acids is 3. The SMILES string of the molecule is Cc1cc(CN(C)C(=O)c2ccccc2C=O)c(C=O)c2cc[nH]c12. The van der Waals surface area contributed by atoms with Crippen LogP contribution in [-0.2, 0) is 6.54 Å². The van der Waals surface area contributed by atoms with E-state index in [9.17, 15) is 14.4 Å². The minimum atomic E-state index is -0.258. The lowest BCUT2D eigenvalue weighted by molar-refractivity contribution is 0.0781. The second kappa shape index (κ2) is 6.73. The van der Waals surface area contributed by atoms with E-state index in [1.807, 2.05) is 19.1 Å². The molecular formula is C20H18N2O3. The molecule has 25 heavy (non-hydrogen) atoms. The first-order valence-electron chi connectivity index (χ1n) is 7.91. The highest BCUT2D eigenvalue weighted by molar-refractivity contribution is 6.02. The molecule has 0 unspecified atom stereocenters. The highest BCUT2D eigenvalue weighted by Gasteiger charge is 2.18. The third kappa shape index (κ3) is 2.96. The average molecular weight is 334 g/mol. The summed E-state index contributed by atoms with van der Waals surface area (Å²) in [4.78, 5) is 40.1. The van der Waals surface area contributed by atoms with Crippen molar-refractivity contribution in [2.45, 2.75) is 13.5 Å². The van der Waals surface area contributed by atoms with Gasteiger partial charge in [0.2, 0.25) is 0 Å². The Bertz CT molecular complexity index is 972. The number of aromatic amines is 1. The molecule has 0 spiro atoms. The number of nitrogens with zero attached hydrogens (tertiary/aromatic N) is 1. The molecule has 2 aromatic carbocycles. The second-order valence-corrected chi connectivity index (χ2v) is 6.02. The van der Waals surface area contributed by atoms with Crippen LogP contribution in [0.25, 0.3) is 10.9 Å². The summed E-state index contributed by atoms with van der Waals surface area (Å²) in [5.41, 5.74) is 3.99. The molecule has 0 saturated heterocycles. The van der Waals surface area contributed by atoms with Gasteiger partial charge in [0.1, 0.15) is 0 Å². The predicted molar refractivity (Wildman–Crippen MR) is 96.1 cm³/mol. The molecule has 1 amide bonds. The number of hydrogen-bond donors (Lipinski definition) is 1. The molecule has 0 radical (unpaired) electrons. The minimum Gasteiger partial charge on any atom is -0.361 e. The monoisotopic (exact) mass is 334 g/mol. The van der Waals surface area contributed by atoms with E-state index in [1.165, 1.54) is 4.90 Å². The van der Waals surface area contributed by atoms with E-state index in [-0.39, 0.29) is 12.5 Å². The zero-order chi connectivity index (χ0) is 18.0. The van der Waals surface area contributed by atoms with Crippen LogP contribution in [0.3, 0.4) is 0 Å². The normalized spacial score (nSPS) is 10.6. The molecule has 0 bridgehead atoms. The van der Waals surface area contributed by atoms with E-state index in [1.54, 1.807) is 37.5 Å². The molecule has 0 aliphatic carbocycles. The van der Waals surface area contributed by atoms with Crippen LogP contribution in [0.1, 0.15) is 42.2 Å². The molecule has 3 aromatic rings. The van der Waals surface area contributed by atoms with Crippen molar-refractivity contribution in [1.29, 1.82) is 0 Å². The molecule has 5 nitrogen and oxygen atoms in total. The van der Waals surface area contributed by atoms with E-state index in [4.69, 9.17) is 0 Å². The number of aryl methyl sites for hydroxylation is 1. The van der Waals surface area contributed by atoms with Crippen molar-refractivity contribution in [1.82, 2.24) is 9.88 Å². The Morgan fingerprint density at radius 2 is 1.92 bits per heavy atom. The van der Waals surface area contributed by atoms with Crippen molar-refractivity contribution in [3.05, 3.63) is 70.4 Å². The quantitative estimate of drug-likeness (QED) is 0.727. The van der Waals surface area contributed by atoms with Crippen molar-refractivity contribution in [2.75, 3.05) is 7.05 Å². The van der Waals surface area contributed by atoms with Gasteiger partial charge in [0.05, 0.1) is 5.56 Å². The molecule has 5 heteroatoms. The van der Waals surface area contributed by atoms with Gasteiger partial charge in [-0.05, 0) is 30.2 Å². The first-order chi connectivity index (χ1) is 12.1. The van der Waals surface area contributed by atoms with Gasteiger partial charge in [-0.1, -0.05) is 24.3 Å². The number of hydrogen-bond acceptors (Lipinski definition) is 3. The lowest BCUT2D eigenvalue weighted by Gasteiger charge is -2.20. The van der Waals surface area contributed by atoms with Crippen LogP contribution < -0.4 is 0 Å². The zero-order valence-electron chi connectivity index (χ0n) is 14.1. The number of aldehydes is 2. The van der Waals surface area contributed by atoms with E-state index >= 15 is 0 Å². The van der Waals surface area contributed by atoms with Gasteiger partial charge < -0.3 is 9.88 Å². The van der Waals surface area contributed by atoms with Crippen LogP contribution >= 0.6 is 0 Å². The first-order valence-corrected chi connectivity index (χ1v) is 7.91. The fourth-order valence-electron chi connectivity index (χ4n) is 3.10. The van der Waals surface area contributed by atoms with Gasteiger partial charge in [-0.25, -0.2) is 0 Å². The average Bonchev–Trinajstić information content (AvgIpc) is 3.11. The highest BCUT2D eigenvalue weighted by atomic mass is 16.2. The number of benzene rings is 2. The first kappa shape index (κ1) is 16.6. The maximum atomic E-state index is 12.7. The molecule has 1 N–H and O–H groups in total. The van der Waals surface area contributed by atoms with Crippen LogP contribution in [-0.4, -0.2) is 35.4 Å². The molecule has 1 heterocycles. The Kier molecular flexibility index (Phi) is 4.48. The van der Waals surface area contributed by atoms with Gasteiger partial charge in [-0.3, -0.25) is 14.4 Å². The molecule has 1 aromatic heterocycles. The predicted octanol–water partition coefficient (Wildman–Crippen LogP) is 3.37. The third-order valence-electron chi connectivity index (χ3n) is 4.36. The summed E-state index contributed by atoms with van der Waals surface area (Å²) >= 11 is 0. The topological polar surface area (TPSA) is 70.2 Å². The van der Waals surface area contributed by atoms with E-state index < -0.39 is 0 Å². The van der Waals surface area contributed by atoms with E-state index in [0.717, 1.165) is 28.3 Å². The maximum Gasteiger partial charge on any atom is 0.254 e. The molecule has 0 fully saturated rings. The van der Waals surface area contributed by atoms with Crippen LogP contribution in [0.2, 0.25) is 0 Å². The van der Waals surface area contributed by atoms with Gasteiger partial charge in [-0.2, -0.15) is 0 Å². The number of amides is 1. The van der Waals surface area contributed by atoms with Crippen LogP contribution in [0.4, 0.5) is 0 Å². The van der Waals surface area contributed by atoms with E-state index in [0.29, 0.717) is 23.0 Å². The largest absolute Gasteiger partial charge is 0.361 e. The number of carbonyl (C=O) groups is 3. The summed E-state index contributed by atoms with van der Waals surface area (Å²) in [6, 6.07) is 10.5. The number of fused-ring (bicyclic) bond motifs is 1. The van der Waals surface area contributed by atoms with Crippen LogP contribution in [0.5, 0.6) is 0 Å². The number of aromatic nitrogens is 1. The van der Waals surface area contributed by atoms with Crippen molar-refractivity contribution in [3.63, 3.8) is 0 Å². The van der Waals surface area contributed by atoms with Gasteiger partial charge in [0.15, 0.2) is 12.6 Å². The summed E-state index contributed by atoms with van der Waals surface area (Å²) in [6.07, 6.45) is 3.29. The molecule has 3 rings (SSSR count). The summed E-state index contributed by atoms with van der Waals surface area (Å²) in [7, 11) is 1.66. The zero-order valence-corrected chi connectivity index (χ0v) is 14.1. The fourth-order valence-corrected chi connectivity index (χ4v) is 3.10. The van der Waals surface area contributed by atoms with Crippen LogP contribution in [0.15, 0.2) is 42.6 Å². The maximum absolute atomic E-state index is 12.7. The Labute approximate surface area is 145 Å². The van der Waals surface area contributed by atoms with Crippen LogP contribution in [0, 0.1) is 6.92 Å². The fraction of sp³-hybridized carbons (Fsp3) is 0.150. The second-order valence-electron chi connectivity index (χ2n) is 6.02. The van der Waals surface area contributed by atoms with Gasteiger partial charge in [0, 0.05) is 41.8 Å². The number of rotatable bonds is 5. The summed E-state index contributed by atoms with van der Waals surface area (Å²) < 4.78 is 0. The summed E-state index contributed by atoms with van der Waals surface area (Å²) in [5, 5.41) is 0.846. The van der Waals surface area contributed by atoms with Crippen molar-refractivity contribution >= 4 is 29.4 Å². The molecule has 0 aliphatic heterocycles. The number of nitrogens with one attached hydrogen (secondary N) is 1. The standard InChI is InChI=1S/C20H18N2O3/c1-13-9-15(18(12-24)17-7-8-21-19(13)17)10-22(2)20(25)16-6-4-3-5-14(16)11-23/h3-9,11-12,21H,10H2,1-2H3. The lowest BCUT2D eigenvalue weighted by Crippen LogP contribution is -2.27. The summed E-state index contributed by atoms with van der Waals surface area (Å²) in [6.45, 7) is 2.24. The van der Waals surface area contributed by atoms with Crippen molar-refractivity contribution < 1.29 is 14.4 Å². The Hall–Kier alpha value is -3.21. The minimum absolute atomic E-state index is 0.258.